The smallest absolute Gasteiger partial charge is 0.246 e. The zero-order valence-electron chi connectivity index (χ0n) is 10.9. The molecule has 0 aliphatic carbocycles. The molecule has 0 saturated heterocycles. The van der Waals surface area contributed by atoms with Gasteiger partial charge in [-0.25, -0.2) is 17.8 Å². The summed E-state index contributed by atoms with van der Waals surface area (Å²) in [6.45, 7) is 3.31. The first-order chi connectivity index (χ1) is 9.24. The van der Waals surface area contributed by atoms with Crippen LogP contribution >= 0.6 is 11.3 Å². The molecule has 1 aromatic heterocycles. The molecule has 0 aliphatic rings. The Balaban J connectivity index is 2.42. The Labute approximate surface area is 120 Å². The molecule has 0 fully saturated rings. The minimum atomic E-state index is -4.09. The Bertz CT molecular complexity index is 692. The Kier molecular flexibility index (Phi) is 3.81. The van der Waals surface area contributed by atoms with Gasteiger partial charge in [-0.1, -0.05) is 6.07 Å². The topological polar surface area (TPSA) is 85.1 Å². The van der Waals surface area contributed by atoms with E-state index in [2.05, 4.69) is 9.71 Å². The zero-order valence-corrected chi connectivity index (χ0v) is 12.6. The molecule has 8 heteroatoms. The van der Waals surface area contributed by atoms with Gasteiger partial charge < -0.3 is 5.73 Å². The van der Waals surface area contributed by atoms with Crippen molar-refractivity contribution in [3.63, 3.8) is 0 Å². The minimum absolute atomic E-state index is 0.132. The van der Waals surface area contributed by atoms with Crippen molar-refractivity contribution in [2.45, 2.75) is 24.3 Å². The van der Waals surface area contributed by atoms with Crippen LogP contribution in [0.2, 0.25) is 0 Å². The summed E-state index contributed by atoms with van der Waals surface area (Å²) in [6.07, 6.45) is 1.58. The molecule has 0 unspecified atom stereocenters. The molecule has 108 valence electrons. The van der Waals surface area contributed by atoms with Crippen LogP contribution in [-0.4, -0.2) is 13.4 Å². The fourth-order valence-corrected chi connectivity index (χ4v) is 4.13. The number of rotatable bonds is 4. The van der Waals surface area contributed by atoms with Crippen LogP contribution < -0.4 is 10.5 Å². The predicted octanol–water partition coefficient (Wildman–Crippen LogP) is 2.08. The van der Waals surface area contributed by atoms with Crippen molar-refractivity contribution in [1.29, 1.82) is 0 Å². The molecule has 0 amide bonds. The van der Waals surface area contributed by atoms with E-state index in [9.17, 15) is 12.8 Å². The number of aromatic nitrogens is 1. The SMILES string of the molecule is CC(C)(NS(=O)(=O)c1c(N)cccc1F)c1nccs1. The highest BCUT2D eigenvalue weighted by molar-refractivity contribution is 7.89. The van der Waals surface area contributed by atoms with Gasteiger partial charge in [0.2, 0.25) is 10.0 Å². The van der Waals surface area contributed by atoms with Crippen molar-refractivity contribution in [1.82, 2.24) is 9.71 Å². The molecule has 2 aromatic rings. The third-order valence-electron chi connectivity index (χ3n) is 2.62. The van der Waals surface area contributed by atoms with Crippen molar-refractivity contribution in [2.24, 2.45) is 0 Å². The van der Waals surface area contributed by atoms with E-state index in [1.807, 2.05) is 0 Å². The van der Waals surface area contributed by atoms with Gasteiger partial charge in [0.05, 0.1) is 11.2 Å². The van der Waals surface area contributed by atoms with Crippen LogP contribution in [0.1, 0.15) is 18.9 Å². The molecule has 0 spiro atoms. The first-order valence-corrected chi connectivity index (χ1v) is 8.08. The summed E-state index contributed by atoms with van der Waals surface area (Å²) >= 11 is 1.31. The number of benzene rings is 1. The van der Waals surface area contributed by atoms with Gasteiger partial charge in [0.1, 0.15) is 15.7 Å². The third-order valence-corrected chi connectivity index (χ3v) is 5.47. The lowest BCUT2D eigenvalue weighted by Crippen LogP contribution is -2.41. The summed E-state index contributed by atoms with van der Waals surface area (Å²) in [5.74, 6) is -0.882. The van der Waals surface area contributed by atoms with Crippen LogP contribution in [0, 0.1) is 5.82 Å². The lowest BCUT2D eigenvalue weighted by Gasteiger charge is -2.24. The summed E-state index contributed by atoms with van der Waals surface area (Å²) in [4.78, 5) is 3.54. The maximum absolute atomic E-state index is 13.8. The maximum Gasteiger partial charge on any atom is 0.246 e. The number of nitrogens with one attached hydrogen (secondary N) is 1. The molecule has 0 radical (unpaired) electrons. The molecule has 0 aliphatic heterocycles. The lowest BCUT2D eigenvalue weighted by atomic mass is 10.1. The number of sulfonamides is 1. The standard InChI is InChI=1S/C12H14FN3O2S2/c1-12(2,11-15-6-7-19-11)16-20(17,18)10-8(13)4-3-5-9(10)14/h3-7,16H,14H2,1-2H3. The van der Waals surface area contributed by atoms with Gasteiger partial charge in [0.25, 0.3) is 0 Å². The van der Waals surface area contributed by atoms with Crippen LogP contribution in [0.15, 0.2) is 34.7 Å². The van der Waals surface area contributed by atoms with Crippen molar-refractivity contribution in [3.8, 4) is 0 Å². The van der Waals surface area contributed by atoms with Gasteiger partial charge in [-0.2, -0.15) is 4.72 Å². The molecule has 1 aromatic carbocycles. The number of thiazole rings is 1. The molecule has 3 N–H and O–H groups in total. The monoisotopic (exact) mass is 315 g/mol. The highest BCUT2D eigenvalue weighted by atomic mass is 32.2. The van der Waals surface area contributed by atoms with E-state index in [-0.39, 0.29) is 5.69 Å². The van der Waals surface area contributed by atoms with Crippen LogP contribution in [0.25, 0.3) is 0 Å². The van der Waals surface area contributed by atoms with Crippen molar-refractivity contribution >= 4 is 27.0 Å². The van der Waals surface area contributed by atoms with Crippen molar-refractivity contribution in [3.05, 3.63) is 40.6 Å². The van der Waals surface area contributed by atoms with Gasteiger partial charge >= 0.3 is 0 Å². The molecule has 1 heterocycles. The molecule has 20 heavy (non-hydrogen) atoms. The first-order valence-electron chi connectivity index (χ1n) is 5.72. The van der Waals surface area contributed by atoms with Gasteiger partial charge in [0.15, 0.2) is 0 Å². The van der Waals surface area contributed by atoms with Gasteiger partial charge in [-0.05, 0) is 26.0 Å². The number of nitrogen functional groups attached to an aromatic ring is 1. The van der Waals surface area contributed by atoms with Crippen LogP contribution in [0.4, 0.5) is 10.1 Å². The van der Waals surface area contributed by atoms with E-state index < -0.39 is 26.3 Å². The molecule has 2 rings (SSSR count). The first kappa shape index (κ1) is 14.9. The molecule has 0 atom stereocenters. The molecule has 0 bridgehead atoms. The van der Waals surface area contributed by atoms with Gasteiger partial charge in [-0.15, -0.1) is 11.3 Å². The highest BCUT2D eigenvalue weighted by Gasteiger charge is 2.32. The summed E-state index contributed by atoms with van der Waals surface area (Å²) in [5, 5.41) is 2.32. The summed E-state index contributed by atoms with van der Waals surface area (Å²) in [5.41, 5.74) is 4.48. The number of nitrogens with two attached hydrogens (primary N) is 1. The number of hydrogen-bond acceptors (Lipinski definition) is 5. The van der Waals surface area contributed by atoms with E-state index >= 15 is 0 Å². The Hall–Kier alpha value is -1.51. The Morgan fingerprint density at radius 2 is 2.10 bits per heavy atom. The molecule has 0 saturated carbocycles. The highest BCUT2D eigenvalue weighted by Crippen LogP contribution is 2.27. The average molecular weight is 315 g/mol. The normalized spacial score (nSPS) is 12.6. The molecular weight excluding hydrogens is 301 g/mol. The van der Waals surface area contributed by atoms with Crippen molar-refractivity contribution in [2.75, 3.05) is 5.73 Å². The Morgan fingerprint density at radius 3 is 2.65 bits per heavy atom. The number of nitrogens with zero attached hydrogens (tertiary/aromatic N) is 1. The fraction of sp³-hybridized carbons (Fsp3) is 0.250. The van der Waals surface area contributed by atoms with Crippen LogP contribution in [0.5, 0.6) is 0 Å². The summed E-state index contributed by atoms with van der Waals surface area (Å²) in [7, 11) is -4.09. The number of hydrogen-bond donors (Lipinski definition) is 2. The molecule has 5 nitrogen and oxygen atoms in total. The second kappa shape index (κ2) is 5.12. The lowest BCUT2D eigenvalue weighted by molar-refractivity contribution is 0.466. The van der Waals surface area contributed by atoms with E-state index in [1.54, 1.807) is 25.4 Å². The van der Waals surface area contributed by atoms with E-state index in [1.165, 1.54) is 23.5 Å². The van der Waals surface area contributed by atoms with E-state index in [4.69, 9.17) is 5.73 Å². The zero-order chi connectivity index (χ0) is 15.0. The largest absolute Gasteiger partial charge is 0.398 e. The van der Waals surface area contributed by atoms with Gasteiger partial charge in [0, 0.05) is 11.6 Å². The minimum Gasteiger partial charge on any atom is -0.398 e. The maximum atomic E-state index is 13.8. The van der Waals surface area contributed by atoms with Crippen molar-refractivity contribution < 1.29 is 12.8 Å². The quantitative estimate of drug-likeness (QED) is 0.846. The predicted molar refractivity (Wildman–Crippen MR) is 76.3 cm³/mol. The van der Waals surface area contributed by atoms with E-state index in [0.717, 1.165) is 6.07 Å². The van der Waals surface area contributed by atoms with Crippen LogP contribution in [-0.2, 0) is 15.6 Å². The number of anilines is 1. The average Bonchev–Trinajstić information content (AvgIpc) is 2.80. The fourth-order valence-electron chi connectivity index (χ4n) is 1.77. The second-order valence-corrected chi connectivity index (χ2v) is 7.24. The van der Waals surface area contributed by atoms with E-state index in [0.29, 0.717) is 5.01 Å². The summed E-state index contributed by atoms with van der Waals surface area (Å²) < 4.78 is 40.8. The Morgan fingerprint density at radius 1 is 1.40 bits per heavy atom. The van der Waals surface area contributed by atoms with Gasteiger partial charge in [-0.3, -0.25) is 0 Å². The molecular formula is C12H14FN3O2S2. The number of halogens is 1. The van der Waals surface area contributed by atoms with Crippen LogP contribution in [0.3, 0.4) is 0 Å². The summed E-state index contributed by atoms with van der Waals surface area (Å²) in [6, 6.07) is 3.75. The second-order valence-electron chi connectivity index (χ2n) is 4.73. The third kappa shape index (κ3) is 2.82.